The Morgan fingerprint density at radius 2 is 1.89 bits per heavy atom. The Hall–Kier alpha value is -2.62. The van der Waals surface area contributed by atoms with Crippen molar-refractivity contribution in [2.24, 2.45) is 0 Å². The average molecular weight is 238 g/mol. The lowest BCUT2D eigenvalue weighted by atomic mass is 10.0. The van der Waals surface area contributed by atoms with E-state index in [-0.39, 0.29) is 10.6 Å². The van der Waals surface area contributed by atoms with Gasteiger partial charge in [-0.3, -0.25) is 10.1 Å². The van der Waals surface area contributed by atoms with Crippen molar-refractivity contribution in [3.8, 4) is 11.1 Å². The van der Waals surface area contributed by atoms with Crippen LogP contribution in [0.5, 0.6) is 0 Å². The van der Waals surface area contributed by atoms with Gasteiger partial charge in [0.2, 0.25) is 0 Å². The Labute approximate surface area is 103 Å². The number of non-ortho nitro benzene ring substituents is 1. The minimum absolute atomic E-state index is 0.111. The second-order valence-electron chi connectivity index (χ2n) is 4.05. The highest BCUT2D eigenvalue weighted by atomic mass is 16.6. The summed E-state index contributed by atoms with van der Waals surface area (Å²) in [7, 11) is 0. The molecule has 2 aromatic carbocycles. The van der Waals surface area contributed by atoms with Crippen LogP contribution in [-0.4, -0.2) is 9.91 Å². The van der Waals surface area contributed by atoms with Crippen LogP contribution in [0.15, 0.2) is 54.7 Å². The number of nitro benzene ring substituents is 1. The van der Waals surface area contributed by atoms with Crippen LogP contribution in [-0.2, 0) is 0 Å². The zero-order valence-corrected chi connectivity index (χ0v) is 9.46. The summed E-state index contributed by atoms with van der Waals surface area (Å²) < 4.78 is 0. The minimum Gasteiger partial charge on any atom is -0.361 e. The molecule has 0 atom stereocenters. The third-order valence-corrected chi connectivity index (χ3v) is 2.96. The van der Waals surface area contributed by atoms with Gasteiger partial charge >= 0.3 is 0 Å². The zero-order valence-electron chi connectivity index (χ0n) is 9.46. The van der Waals surface area contributed by atoms with Gasteiger partial charge in [0.05, 0.1) is 4.92 Å². The molecule has 0 saturated heterocycles. The predicted molar refractivity (Wildman–Crippen MR) is 70.4 cm³/mol. The SMILES string of the molecule is O=[N+]([O-])c1cccc(-c2cccc3[nH]ccc23)c1. The Balaban J connectivity index is 2.23. The van der Waals surface area contributed by atoms with Crippen LogP contribution >= 0.6 is 0 Å². The van der Waals surface area contributed by atoms with E-state index in [0.717, 1.165) is 22.0 Å². The number of benzene rings is 2. The average Bonchev–Trinajstić information content (AvgIpc) is 2.87. The van der Waals surface area contributed by atoms with Crippen molar-refractivity contribution < 1.29 is 4.92 Å². The first-order valence-electron chi connectivity index (χ1n) is 5.56. The first-order chi connectivity index (χ1) is 8.75. The van der Waals surface area contributed by atoms with Gasteiger partial charge in [-0.05, 0) is 23.3 Å². The van der Waals surface area contributed by atoms with Crippen molar-refractivity contribution in [3.05, 3.63) is 64.8 Å². The maximum absolute atomic E-state index is 10.8. The van der Waals surface area contributed by atoms with E-state index in [4.69, 9.17) is 0 Å². The number of hydrogen-bond donors (Lipinski definition) is 1. The van der Waals surface area contributed by atoms with Crippen molar-refractivity contribution in [3.63, 3.8) is 0 Å². The molecule has 3 aromatic rings. The van der Waals surface area contributed by atoms with Gasteiger partial charge in [0.1, 0.15) is 0 Å². The Morgan fingerprint density at radius 3 is 2.72 bits per heavy atom. The van der Waals surface area contributed by atoms with Gasteiger partial charge in [0.25, 0.3) is 5.69 Å². The van der Waals surface area contributed by atoms with Crippen molar-refractivity contribution in [1.82, 2.24) is 4.98 Å². The van der Waals surface area contributed by atoms with Crippen molar-refractivity contribution >= 4 is 16.6 Å². The van der Waals surface area contributed by atoms with Gasteiger partial charge in [-0.15, -0.1) is 0 Å². The fourth-order valence-corrected chi connectivity index (χ4v) is 2.12. The number of aromatic amines is 1. The number of hydrogen-bond acceptors (Lipinski definition) is 2. The fourth-order valence-electron chi connectivity index (χ4n) is 2.12. The molecule has 0 unspecified atom stereocenters. The highest BCUT2D eigenvalue weighted by molar-refractivity contribution is 5.95. The van der Waals surface area contributed by atoms with E-state index < -0.39 is 0 Å². The van der Waals surface area contributed by atoms with Crippen molar-refractivity contribution in [1.29, 1.82) is 0 Å². The van der Waals surface area contributed by atoms with Crippen LogP contribution in [0.1, 0.15) is 0 Å². The molecule has 4 nitrogen and oxygen atoms in total. The van der Waals surface area contributed by atoms with E-state index in [0.29, 0.717) is 0 Å². The molecule has 1 N–H and O–H groups in total. The predicted octanol–water partition coefficient (Wildman–Crippen LogP) is 3.74. The van der Waals surface area contributed by atoms with Gasteiger partial charge < -0.3 is 4.98 Å². The summed E-state index contributed by atoms with van der Waals surface area (Å²) in [4.78, 5) is 13.6. The number of nitrogens with zero attached hydrogens (tertiary/aromatic N) is 1. The van der Waals surface area contributed by atoms with Crippen molar-refractivity contribution in [2.75, 3.05) is 0 Å². The van der Waals surface area contributed by atoms with Gasteiger partial charge in [-0.1, -0.05) is 24.3 Å². The molecule has 0 aliphatic rings. The van der Waals surface area contributed by atoms with E-state index in [9.17, 15) is 10.1 Å². The number of aromatic nitrogens is 1. The molecular weight excluding hydrogens is 228 g/mol. The highest BCUT2D eigenvalue weighted by Gasteiger charge is 2.09. The number of fused-ring (bicyclic) bond motifs is 1. The third-order valence-electron chi connectivity index (χ3n) is 2.96. The lowest BCUT2D eigenvalue weighted by Crippen LogP contribution is -1.88. The zero-order chi connectivity index (χ0) is 12.5. The Kier molecular flexibility index (Phi) is 2.34. The summed E-state index contributed by atoms with van der Waals surface area (Å²) in [6.45, 7) is 0. The molecule has 1 heterocycles. The second kappa shape index (κ2) is 4.00. The van der Waals surface area contributed by atoms with Crippen LogP contribution in [0.2, 0.25) is 0 Å². The summed E-state index contributed by atoms with van der Waals surface area (Å²) in [6.07, 6.45) is 1.87. The Bertz CT molecular complexity index is 731. The smallest absolute Gasteiger partial charge is 0.270 e. The van der Waals surface area contributed by atoms with Gasteiger partial charge in [-0.25, -0.2) is 0 Å². The van der Waals surface area contributed by atoms with E-state index >= 15 is 0 Å². The molecule has 0 fully saturated rings. The molecule has 18 heavy (non-hydrogen) atoms. The molecule has 0 aliphatic carbocycles. The molecule has 0 spiro atoms. The molecule has 0 amide bonds. The first kappa shape index (κ1) is 10.5. The molecule has 0 saturated carbocycles. The normalized spacial score (nSPS) is 10.7. The van der Waals surface area contributed by atoms with Crippen LogP contribution in [0.3, 0.4) is 0 Å². The summed E-state index contributed by atoms with van der Waals surface area (Å²) in [6, 6.07) is 14.6. The second-order valence-corrected chi connectivity index (χ2v) is 4.05. The standard InChI is InChI=1S/C14H10N2O2/c17-16(18)11-4-1-3-10(9-11)12-5-2-6-14-13(12)7-8-15-14/h1-9,15H. The van der Waals surface area contributed by atoms with Crippen LogP contribution in [0, 0.1) is 10.1 Å². The first-order valence-corrected chi connectivity index (χ1v) is 5.56. The van der Waals surface area contributed by atoms with Crippen LogP contribution < -0.4 is 0 Å². The summed E-state index contributed by atoms with van der Waals surface area (Å²) in [5.74, 6) is 0. The maximum Gasteiger partial charge on any atom is 0.270 e. The summed E-state index contributed by atoms with van der Waals surface area (Å²) in [5, 5.41) is 11.9. The Morgan fingerprint density at radius 1 is 1.06 bits per heavy atom. The van der Waals surface area contributed by atoms with E-state index in [1.807, 2.05) is 36.5 Å². The highest BCUT2D eigenvalue weighted by Crippen LogP contribution is 2.30. The summed E-state index contributed by atoms with van der Waals surface area (Å²) >= 11 is 0. The molecule has 0 radical (unpaired) electrons. The molecule has 3 rings (SSSR count). The number of nitrogens with one attached hydrogen (secondary N) is 1. The molecule has 88 valence electrons. The van der Waals surface area contributed by atoms with E-state index in [2.05, 4.69) is 4.98 Å². The monoisotopic (exact) mass is 238 g/mol. The van der Waals surface area contributed by atoms with Crippen LogP contribution in [0.4, 0.5) is 5.69 Å². The largest absolute Gasteiger partial charge is 0.361 e. The van der Waals surface area contributed by atoms with Crippen molar-refractivity contribution in [2.45, 2.75) is 0 Å². The lowest BCUT2D eigenvalue weighted by Gasteiger charge is -2.03. The molecule has 0 aliphatic heterocycles. The maximum atomic E-state index is 10.8. The summed E-state index contributed by atoms with van der Waals surface area (Å²) in [5.41, 5.74) is 2.99. The number of rotatable bonds is 2. The number of nitro groups is 1. The van der Waals surface area contributed by atoms with Crippen LogP contribution in [0.25, 0.3) is 22.0 Å². The van der Waals surface area contributed by atoms with Gasteiger partial charge in [-0.2, -0.15) is 0 Å². The number of H-pyrrole nitrogens is 1. The molecule has 1 aromatic heterocycles. The van der Waals surface area contributed by atoms with E-state index in [1.54, 1.807) is 12.1 Å². The van der Waals surface area contributed by atoms with Gasteiger partial charge in [0.15, 0.2) is 0 Å². The van der Waals surface area contributed by atoms with Gasteiger partial charge in [0, 0.05) is 29.2 Å². The molecule has 4 heteroatoms. The van der Waals surface area contributed by atoms with E-state index in [1.165, 1.54) is 6.07 Å². The lowest BCUT2D eigenvalue weighted by molar-refractivity contribution is -0.384. The minimum atomic E-state index is -0.374. The topological polar surface area (TPSA) is 58.9 Å². The quantitative estimate of drug-likeness (QED) is 0.546. The third kappa shape index (κ3) is 1.64. The molecule has 0 bridgehead atoms. The fraction of sp³-hybridized carbons (Fsp3) is 0. The molecular formula is C14H10N2O2.